The van der Waals surface area contributed by atoms with Gasteiger partial charge in [0.05, 0.1) is 12.7 Å². The topological polar surface area (TPSA) is 81.5 Å². The van der Waals surface area contributed by atoms with Gasteiger partial charge in [0.1, 0.15) is 11.5 Å². The zero-order chi connectivity index (χ0) is 10.8. The maximum atomic E-state index is 9.35. The number of aromatic hydroxyl groups is 1. The number of ether oxygens (including phenoxy) is 1. The summed E-state index contributed by atoms with van der Waals surface area (Å²) in [5, 5.41) is 12.9. The van der Waals surface area contributed by atoms with Gasteiger partial charge in [-0.3, -0.25) is 0 Å². The Morgan fingerprint density at radius 2 is 2.20 bits per heavy atom. The third-order valence-electron chi connectivity index (χ3n) is 1.98. The molecular formula is C10H10N2O3. The summed E-state index contributed by atoms with van der Waals surface area (Å²) in [5.41, 5.74) is 6.05. The third-order valence-corrected chi connectivity index (χ3v) is 1.98. The zero-order valence-corrected chi connectivity index (χ0v) is 8.10. The summed E-state index contributed by atoms with van der Waals surface area (Å²) >= 11 is 0. The summed E-state index contributed by atoms with van der Waals surface area (Å²) in [7, 11) is 1.54. The molecule has 0 amide bonds. The molecule has 2 aromatic rings. The lowest BCUT2D eigenvalue weighted by Gasteiger charge is -2.05. The van der Waals surface area contributed by atoms with E-state index in [2.05, 4.69) is 5.16 Å². The van der Waals surface area contributed by atoms with Crippen molar-refractivity contribution in [2.24, 2.45) is 0 Å². The van der Waals surface area contributed by atoms with Crippen LogP contribution in [0, 0.1) is 0 Å². The van der Waals surface area contributed by atoms with Gasteiger partial charge in [-0.15, -0.1) is 0 Å². The fourth-order valence-corrected chi connectivity index (χ4v) is 1.30. The van der Waals surface area contributed by atoms with Crippen LogP contribution in [0.3, 0.4) is 0 Å². The van der Waals surface area contributed by atoms with Crippen LogP contribution in [0.4, 0.5) is 5.82 Å². The molecular weight excluding hydrogens is 196 g/mol. The fourth-order valence-electron chi connectivity index (χ4n) is 1.30. The number of nitrogen functional groups attached to an aromatic ring is 1. The van der Waals surface area contributed by atoms with Crippen molar-refractivity contribution in [2.75, 3.05) is 12.8 Å². The molecule has 0 bridgehead atoms. The van der Waals surface area contributed by atoms with Gasteiger partial charge in [0, 0.05) is 6.07 Å². The number of nitrogens with two attached hydrogens (primary N) is 1. The SMILES string of the molecule is COc1ccc(O)cc1-c1cc(N)no1. The predicted molar refractivity (Wildman–Crippen MR) is 54.6 cm³/mol. The number of aromatic nitrogens is 1. The zero-order valence-electron chi connectivity index (χ0n) is 8.10. The molecule has 0 aliphatic carbocycles. The van der Waals surface area contributed by atoms with E-state index in [4.69, 9.17) is 15.0 Å². The number of phenolic OH excluding ortho intramolecular Hbond substituents is 1. The molecule has 1 heterocycles. The van der Waals surface area contributed by atoms with Crippen molar-refractivity contribution in [1.82, 2.24) is 5.16 Å². The Bertz CT molecular complexity index is 479. The molecule has 5 nitrogen and oxygen atoms in total. The summed E-state index contributed by atoms with van der Waals surface area (Å²) in [4.78, 5) is 0. The highest BCUT2D eigenvalue weighted by Crippen LogP contribution is 2.33. The maximum Gasteiger partial charge on any atom is 0.172 e. The summed E-state index contributed by atoms with van der Waals surface area (Å²) in [6.45, 7) is 0. The van der Waals surface area contributed by atoms with Crippen molar-refractivity contribution in [2.45, 2.75) is 0 Å². The highest BCUT2D eigenvalue weighted by Gasteiger charge is 2.11. The molecule has 78 valence electrons. The Morgan fingerprint density at radius 1 is 1.40 bits per heavy atom. The van der Waals surface area contributed by atoms with Gasteiger partial charge in [0.15, 0.2) is 11.6 Å². The Kier molecular flexibility index (Phi) is 2.21. The molecule has 0 spiro atoms. The van der Waals surface area contributed by atoms with Crippen LogP contribution in [0.1, 0.15) is 0 Å². The second kappa shape index (κ2) is 3.53. The highest BCUT2D eigenvalue weighted by atomic mass is 16.5. The molecule has 3 N–H and O–H groups in total. The van der Waals surface area contributed by atoms with Crippen molar-refractivity contribution < 1.29 is 14.4 Å². The van der Waals surface area contributed by atoms with Crippen LogP contribution in [0.5, 0.6) is 11.5 Å². The number of hydrogen-bond acceptors (Lipinski definition) is 5. The van der Waals surface area contributed by atoms with E-state index in [9.17, 15) is 5.11 Å². The molecule has 0 fully saturated rings. The van der Waals surface area contributed by atoms with Gasteiger partial charge in [-0.2, -0.15) is 0 Å². The quantitative estimate of drug-likeness (QED) is 0.780. The van der Waals surface area contributed by atoms with Crippen LogP contribution < -0.4 is 10.5 Å². The summed E-state index contributed by atoms with van der Waals surface area (Å²) in [6.07, 6.45) is 0. The lowest BCUT2D eigenvalue weighted by Crippen LogP contribution is -1.86. The third kappa shape index (κ3) is 1.71. The minimum atomic E-state index is 0.126. The first-order valence-corrected chi connectivity index (χ1v) is 4.30. The molecule has 0 aliphatic heterocycles. The van der Waals surface area contributed by atoms with Crippen molar-refractivity contribution in [3.63, 3.8) is 0 Å². The molecule has 0 atom stereocenters. The molecule has 1 aromatic carbocycles. The predicted octanol–water partition coefficient (Wildman–Crippen LogP) is 1.64. The average Bonchev–Trinajstić information content (AvgIpc) is 2.65. The molecule has 1 aromatic heterocycles. The van der Waals surface area contributed by atoms with Gasteiger partial charge in [-0.05, 0) is 18.2 Å². The number of benzene rings is 1. The highest BCUT2D eigenvalue weighted by molar-refractivity contribution is 5.69. The Labute approximate surface area is 86.1 Å². The number of anilines is 1. The second-order valence-corrected chi connectivity index (χ2v) is 3.00. The first kappa shape index (κ1) is 9.39. The first-order valence-electron chi connectivity index (χ1n) is 4.30. The summed E-state index contributed by atoms with van der Waals surface area (Å²) < 4.78 is 10.1. The molecule has 0 unspecified atom stereocenters. The smallest absolute Gasteiger partial charge is 0.172 e. The van der Waals surface area contributed by atoms with Gasteiger partial charge in [-0.1, -0.05) is 5.16 Å². The molecule has 5 heteroatoms. The van der Waals surface area contributed by atoms with Gasteiger partial charge < -0.3 is 20.1 Å². The van der Waals surface area contributed by atoms with E-state index in [-0.39, 0.29) is 11.6 Å². The van der Waals surface area contributed by atoms with E-state index in [1.165, 1.54) is 19.2 Å². The van der Waals surface area contributed by atoms with Crippen LogP contribution in [0.15, 0.2) is 28.8 Å². The number of phenols is 1. The number of methoxy groups -OCH3 is 1. The van der Waals surface area contributed by atoms with Crippen LogP contribution in [0.25, 0.3) is 11.3 Å². The minimum absolute atomic E-state index is 0.126. The van der Waals surface area contributed by atoms with Crippen LogP contribution >= 0.6 is 0 Å². The molecule has 15 heavy (non-hydrogen) atoms. The van der Waals surface area contributed by atoms with Crippen molar-refractivity contribution >= 4 is 5.82 Å². The molecule has 0 aliphatic rings. The molecule has 2 rings (SSSR count). The van der Waals surface area contributed by atoms with E-state index in [0.29, 0.717) is 17.1 Å². The van der Waals surface area contributed by atoms with Crippen molar-refractivity contribution in [3.8, 4) is 22.8 Å². The Hall–Kier alpha value is -2.17. The second-order valence-electron chi connectivity index (χ2n) is 3.00. The van der Waals surface area contributed by atoms with Crippen LogP contribution in [0.2, 0.25) is 0 Å². The standard InChI is InChI=1S/C10H10N2O3/c1-14-8-3-2-6(13)4-7(8)9-5-10(11)12-15-9/h2-5,13H,1H3,(H2,11,12). The Balaban J connectivity index is 2.55. The maximum absolute atomic E-state index is 9.35. The molecule has 0 radical (unpaired) electrons. The lowest BCUT2D eigenvalue weighted by atomic mass is 10.1. The first-order chi connectivity index (χ1) is 7.20. The van der Waals surface area contributed by atoms with E-state index in [1.807, 2.05) is 0 Å². The lowest BCUT2D eigenvalue weighted by molar-refractivity contribution is 0.404. The number of nitrogens with zero attached hydrogens (tertiary/aromatic N) is 1. The van der Waals surface area contributed by atoms with Crippen LogP contribution in [-0.4, -0.2) is 17.4 Å². The van der Waals surface area contributed by atoms with E-state index in [0.717, 1.165) is 0 Å². The summed E-state index contributed by atoms with van der Waals surface area (Å²) in [6, 6.07) is 6.27. The average molecular weight is 206 g/mol. The number of rotatable bonds is 2. The van der Waals surface area contributed by atoms with Gasteiger partial charge in [0.2, 0.25) is 0 Å². The number of hydrogen-bond donors (Lipinski definition) is 2. The van der Waals surface area contributed by atoms with E-state index in [1.54, 1.807) is 12.1 Å². The van der Waals surface area contributed by atoms with Crippen molar-refractivity contribution in [3.05, 3.63) is 24.3 Å². The Morgan fingerprint density at radius 3 is 2.80 bits per heavy atom. The van der Waals surface area contributed by atoms with E-state index >= 15 is 0 Å². The van der Waals surface area contributed by atoms with Gasteiger partial charge in [-0.25, -0.2) is 0 Å². The minimum Gasteiger partial charge on any atom is -0.508 e. The van der Waals surface area contributed by atoms with Crippen LogP contribution in [-0.2, 0) is 0 Å². The van der Waals surface area contributed by atoms with Gasteiger partial charge in [0.25, 0.3) is 0 Å². The van der Waals surface area contributed by atoms with Crippen molar-refractivity contribution in [1.29, 1.82) is 0 Å². The largest absolute Gasteiger partial charge is 0.508 e. The molecule has 0 saturated carbocycles. The fraction of sp³-hybridized carbons (Fsp3) is 0.100. The summed E-state index contributed by atoms with van der Waals surface area (Å²) in [5.74, 6) is 1.46. The monoisotopic (exact) mass is 206 g/mol. The molecule has 0 saturated heterocycles. The van der Waals surface area contributed by atoms with E-state index < -0.39 is 0 Å². The normalized spacial score (nSPS) is 10.2. The van der Waals surface area contributed by atoms with Gasteiger partial charge >= 0.3 is 0 Å².